The second kappa shape index (κ2) is 17.5. The van der Waals surface area contributed by atoms with Crippen LogP contribution in [0.5, 0.6) is 0 Å². The third-order valence-electron chi connectivity index (χ3n) is 3.76. The zero-order chi connectivity index (χ0) is 19.6. The SMILES string of the molecule is CCCCCCCCCCCC[N+](C)(C)C.CCOP(=O)([O-])OCC. The fraction of sp³-hybridized carbons (Fsp3) is 1.00. The van der Waals surface area contributed by atoms with Gasteiger partial charge >= 0.3 is 0 Å². The zero-order valence-corrected chi connectivity index (χ0v) is 18.6. The lowest BCUT2D eigenvalue weighted by molar-refractivity contribution is -0.870. The first-order valence-corrected chi connectivity index (χ1v) is 11.5. The lowest BCUT2D eigenvalue weighted by atomic mass is 10.1. The number of phosphoric ester groups is 1. The molecular formula is C19H44NO4P. The van der Waals surface area contributed by atoms with Gasteiger partial charge in [-0.15, -0.1) is 0 Å². The van der Waals surface area contributed by atoms with E-state index in [0.29, 0.717) is 0 Å². The molecule has 0 aromatic rings. The highest BCUT2D eigenvalue weighted by Gasteiger charge is 2.05. The molecule has 0 amide bonds. The van der Waals surface area contributed by atoms with Crippen LogP contribution in [0.4, 0.5) is 0 Å². The van der Waals surface area contributed by atoms with Gasteiger partial charge in [0.05, 0.1) is 40.9 Å². The summed E-state index contributed by atoms with van der Waals surface area (Å²) in [5.41, 5.74) is 0. The summed E-state index contributed by atoms with van der Waals surface area (Å²) in [5, 5.41) is 0. The average molecular weight is 382 g/mol. The van der Waals surface area contributed by atoms with Gasteiger partial charge in [-0.05, 0) is 26.7 Å². The molecule has 0 heterocycles. The van der Waals surface area contributed by atoms with Crippen LogP contribution in [0.3, 0.4) is 0 Å². The second-order valence-corrected chi connectivity index (χ2v) is 8.89. The van der Waals surface area contributed by atoms with Crippen molar-refractivity contribution in [2.24, 2.45) is 0 Å². The highest BCUT2D eigenvalue weighted by atomic mass is 31.2. The van der Waals surface area contributed by atoms with Gasteiger partial charge in [0.1, 0.15) is 0 Å². The quantitative estimate of drug-likeness (QED) is 0.224. The van der Waals surface area contributed by atoms with E-state index in [0.717, 1.165) is 4.48 Å². The predicted octanol–water partition coefficient (Wildman–Crippen LogP) is 5.14. The standard InChI is InChI=1S/C15H34N.C4H11O4P/c1-5-6-7-8-9-10-11-12-13-14-15-16(2,3)4;1-3-7-9(5,6)8-4-2/h5-15H2,1-4H3;3-4H2,1-2H3,(H,5,6)/q+1;/p-1. The van der Waals surface area contributed by atoms with E-state index in [4.69, 9.17) is 0 Å². The summed E-state index contributed by atoms with van der Waals surface area (Å²) in [5.74, 6) is 0. The van der Waals surface area contributed by atoms with Gasteiger partial charge in [-0.1, -0.05) is 58.3 Å². The predicted molar refractivity (Wildman–Crippen MR) is 106 cm³/mol. The molecule has 0 unspecified atom stereocenters. The molecular weight excluding hydrogens is 337 g/mol. The van der Waals surface area contributed by atoms with Crippen LogP contribution in [-0.2, 0) is 13.6 Å². The Balaban J connectivity index is 0. The lowest BCUT2D eigenvalue weighted by Crippen LogP contribution is -2.35. The first-order chi connectivity index (χ1) is 11.7. The molecule has 0 saturated carbocycles. The molecule has 0 aliphatic carbocycles. The van der Waals surface area contributed by atoms with Crippen LogP contribution >= 0.6 is 7.82 Å². The largest absolute Gasteiger partial charge is 0.756 e. The molecule has 0 atom stereocenters. The Morgan fingerprint density at radius 2 is 1.08 bits per heavy atom. The normalized spacial score (nSPS) is 12.0. The van der Waals surface area contributed by atoms with Crippen LogP contribution in [0.2, 0.25) is 0 Å². The molecule has 0 N–H and O–H groups in total. The van der Waals surface area contributed by atoms with E-state index in [9.17, 15) is 9.46 Å². The van der Waals surface area contributed by atoms with Crippen LogP contribution in [0.25, 0.3) is 0 Å². The van der Waals surface area contributed by atoms with E-state index in [2.05, 4.69) is 37.1 Å². The van der Waals surface area contributed by atoms with Crippen molar-refractivity contribution >= 4 is 7.82 Å². The topological polar surface area (TPSA) is 58.6 Å². The van der Waals surface area contributed by atoms with Crippen molar-refractivity contribution in [1.82, 2.24) is 0 Å². The molecule has 25 heavy (non-hydrogen) atoms. The number of quaternary nitrogens is 1. The van der Waals surface area contributed by atoms with E-state index in [-0.39, 0.29) is 13.2 Å². The molecule has 0 saturated heterocycles. The number of nitrogens with zero attached hydrogens (tertiary/aromatic N) is 1. The van der Waals surface area contributed by atoms with Crippen LogP contribution in [0.1, 0.15) is 85.0 Å². The number of hydrogen-bond donors (Lipinski definition) is 0. The molecule has 0 aromatic carbocycles. The summed E-state index contributed by atoms with van der Waals surface area (Å²) >= 11 is 0. The van der Waals surface area contributed by atoms with E-state index in [1.165, 1.54) is 70.8 Å². The van der Waals surface area contributed by atoms with Crippen molar-refractivity contribution in [3.8, 4) is 0 Å². The summed E-state index contributed by atoms with van der Waals surface area (Å²) in [6.45, 7) is 7.04. The molecule has 0 spiro atoms. The van der Waals surface area contributed by atoms with Crippen LogP contribution in [-0.4, -0.2) is 45.4 Å². The van der Waals surface area contributed by atoms with Gasteiger partial charge in [-0.25, -0.2) is 0 Å². The highest BCUT2D eigenvalue weighted by Crippen LogP contribution is 2.37. The summed E-state index contributed by atoms with van der Waals surface area (Å²) in [4.78, 5) is 10.4. The van der Waals surface area contributed by atoms with Gasteiger partial charge in [0.2, 0.25) is 0 Å². The molecule has 0 aromatic heterocycles. The maximum absolute atomic E-state index is 10.4. The fourth-order valence-electron chi connectivity index (χ4n) is 2.43. The van der Waals surface area contributed by atoms with Crippen LogP contribution in [0.15, 0.2) is 0 Å². The van der Waals surface area contributed by atoms with Crippen molar-refractivity contribution in [1.29, 1.82) is 0 Å². The summed E-state index contributed by atoms with van der Waals surface area (Å²) in [6, 6.07) is 0. The molecule has 5 nitrogen and oxygen atoms in total. The van der Waals surface area contributed by atoms with E-state index in [1.54, 1.807) is 13.8 Å². The second-order valence-electron chi connectivity index (χ2n) is 7.48. The maximum Gasteiger partial charge on any atom is 0.267 e. The minimum Gasteiger partial charge on any atom is -0.756 e. The average Bonchev–Trinajstić information content (AvgIpc) is 2.48. The summed E-state index contributed by atoms with van der Waals surface area (Å²) in [6.07, 6.45) is 14.4. The minimum absolute atomic E-state index is 0.126. The Kier molecular flexibility index (Phi) is 19.1. The van der Waals surface area contributed by atoms with Gasteiger partial charge in [-0.2, -0.15) is 0 Å². The third-order valence-corrected chi connectivity index (χ3v) is 4.91. The molecule has 0 aliphatic heterocycles. The van der Waals surface area contributed by atoms with E-state index >= 15 is 0 Å². The maximum atomic E-state index is 10.4. The Bertz CT molecular complexity index is 309. The van der Waals surface area contributed by atoms with Gasteiger partial charge < -0.3 is 18.4 Å². The molecule has 154 valence electrons. The molecule has 0 fully saturated rings. The van der Waals surface area contributed by atoms with Crippen LogP contribution < -0.4 is 4.89 Å². The van der Waals surface area contributed by atoms with Gasteiger partial charge in [0.15, 0.2) is 0 Å². The third kappa shape index (κ3) is 26.4. The fourth-order valence-corrected chi connectivity index (χ4v) is 3.13. The smallest absolute Gasteiger partial charge is 0.267 e. The molecule has 0 bridgehead atoms. The van der Waals surface area contributed by atoms with Gasteiger partial charge in [0.25, 0.3) is 7.82 Å². The molecule has 0 aliphatic rings. The zero-order valence-electron chi connectivity index (χ0n) is 17.7. The van der Waals surface area contributed by atoms with E-state index < -0.39 is 7.82 Å². The number of unbranched alkanes of at least 4 members (excludes halogenated alkanes) is 9. The lowest BCUT2D eigenvalue weighted by Gasteiger charge is -2.23. The summed E-state index contributed by atoms with van der Waals surface area (Å²) < 4.78 is 20.0. The first kappa shape index (κ1) is 27.3. The van der Waals surface area contributed by atoms with Gasteiger partial charge in [0, 0.05) is 0 Å². The van der Waals surface area contributed by atoms with Crippen LogP contribution in [0, 0.1) is 0 Å². The minimum atomic E-state index is -3.94. The number of phosphoric acid groups is 1. The van der Waals surface area contributed by atoms with Crippen molar-refractivity contribution in [3.05, 3.63) is 0 Å². The van der Waals surface area contributed by atoms with Crippen molar-refractivity contribution in [2.45, 2.75) is 85.0 Å². The molecule has 6 heteroatoms. The van der Waals surface area contributed by atoms with Crippen molar-refractivity contribution in [2.75, 3.05) is 40.9 Å². The molecule has 0 radical (unpaired) electrons. The van der Waals surface area contributed by atoms with Crippen molar-refractivity contribution in [3.63, 3.8) is 0 Å². The Labute approximate surface area is 157 Å². The first-order valence-electron chi connectivity index (χ1n) is 10.1. The molecule has 0 rings (SSSR count). The van der Waals surface area contributed by atoms with Gasteiger partial charge in [-0.3, -0.25) is 4.57 Å². The number of rotatable bonds is 15. The van der Waals surface area contributed by atoms with Crippen molar-refractivity contribution < 1.29 is 23.0 Å². The highest BCUT2D eigenvalue weighted by molar-refractivity contribution is 7.45. The Hall–Kier alpha value is 0.0700. The number of hydrogen-bond acceptors (Lipinski definition) is 4. The Morgan fingerprint density at radius 1 is 0.720 bits per heavy atom. The summed E-state index contributed by atoms with van der Waals surface area (Å²) in [7, 11) is 2.91. The van der Waals surface area contributed by atoms with E-state index in [1.807, 2.05) is 0 Å². The Morgan fingerprint density at radius 3 is 1.40 bits per heavy atom. The monoisotopic (exact) mass is 381 g/mol.